The first kappa shape index (κ1) is 27.1. The van der Waals surface area contributed by atoms with E-state index in [-0.39, 0.29) is 17.8 Å². The molecular formula is C30H26FN5O5. The van der Waals surface area contributed by atoms with Crippen LogP contribution in [0.2, 0.25) is 0 Å². The highest BCUT2D eigenvalue weighted by Gasteiger charge is 2.19. The van der Waals surface area contributed by atoms with Gasteiger partial charge >= 0.3 is 5.69 Å². The fourth-order valence-corrected chi connectivity index (χ4v) is 4.37. The molecule has 1 amide bonds. The number of carbonyl (C=O) groups is 1. The molecule has 0 radical (unpaired) electrons. The molecule has 0 aliphatic rings. The number of aryl methyl sites for hydroxylation is 1. The molecule has 5 rings (SSSR count). The van der Waals surface area contributed by atoms with Gasteiger partial charge in [-0.25, -0.2) is 13.8 Å². The minimum Gasteiger partial charge on any atom is -0.493 e. The molecule has 10 nitrogen and oxygen atoms in total. The van der Waals surface area contributed by atoms with Crippen molar-refractivity contribution in [1.82, 2.24) is 14.1 Å². The quantitative estimate of drug-likeness (QED) is 0.285. The van der Waals surface area contributed by atoms with Gasteiger partial charge in [-0.1, -0.05) is 0 Å². The van der Waals surface area contributed by atoms with Gasteiger partial charge in [-0.05, 0) is 67.6 Å². The van der Waals surface area contributed by atoms with E-state index in [0.29, 0.717) is 17.2 Å². The lowest BCUT2D eigenvalue weighted by molar-refractivity contribution is 0.102. The van der Waals surface area contributed by atoms with Gasteiger partial charge in [0.25, 0.3) is 11.5 Å². The Balaban J connectivity index is 1.40. The van der Waals surface area contributed by atoms with Gasteiger partial charge in [0, 0.05) is 47.5 Å². The number of aromatic nitrogens is 3. The number of carbonyl (C=O) groups excluding carboxylic acids is 1. The van der Waals surface area contributed by atoms with E-state index in [1.165, 1.54) is 22.9 Å². The zero-order valence-corrected chi connectivity index (χ0v) is 22.5. The van der Waals surface area contributed by atoms with Gasteiger partial charge in [0.2, 0.25) is 0 Å². The summed E-state index contributed by atoms with van der Waals surface area (Å²) < 4.78 is 26.3. The molecule has 0 aliphatic carbocycles. The maximum Gasteiger partial charge on any atom is 0.335 e. The predicted molar refractivity (Wildman–Crippen MR) is 154 cm³/mol. The Bertz CT molecular complexity index is 1870. The van der Waals surface area contributed by atoms with Crippen LogP contribution in [0, 0.1) is 5.82 Å². The van der Waals surface area contributed by atoms with Crippen LogP contribution in [0.4, 0.5) is 21.5 Å². The average molecular weight is 556 g/mol. The molecule has 3 aromatic carbocycles. The highest BCUT2D eigenvalue weighted by Crippen LogP contribution is 2.35. The van der Waals surface area contributed by atoms with Crippen LogP contribution < -0.4 is 31.4 Å². The Hall–Kier alpha value is -5.45. The summed E-state index contributed by atoms with van der Waals surface area (Å²) in [6.45, 7) is 1.94. The second-order valence-electron chi connectivity index (χ2n) is 8.97. The van der Waals surface area contributed by atoms with E-state index >= 15 is 0 Å². The van der Waals surface area contributed by atoms with Crippen molar-refractivity contribution in [2.45, 2.75) is 13.5 Å². The van der Waals surface area contributed by atoms with Crippen LogP contribution in [0.1, 0.15) is 17.3 Å². The fourth-order valence-electron chi connectivity index (χ4n) is 4.37. The van der Waals surface area contributed by atoms with E-state index < -0.39 is 23.0 Å². The second-order valence-corrected chi connectivity index (χ2v) is 8.97. The molecule has 0 saturated carbocycles. The summed E-state index contributed by atoms with van der Waals surface area (Å²) in [5.41, 5.74) is 1.18. The summed E-state index contributed by atoms with van der Waals surface area (Å²) >= 11 is 0. The van der Waals surface area contributed by atoms with E-state index in [9.17, 15) is 18.8 Å². The summed E-state index contributed by atoms with van der Waals surface area (Å²) in [5.74, 6) is -0.0537. The maximum absolute atomic E-state index is 13.4. The van der Waals surface area contributed by atoms with Crippen LogP contribution in [-0.4, -0.2) is 34.2 Å². The van der Waals surface area contributed by atoms with Crippen molar-refractivity contribution >= 4 is 33.9 Å². The zero-order valence-electron chi connectivity index (χ0n) is 22.5. The summed E-state index contributed by atoms with van der Waals surface area (Å²) in [5, 5.41) is 6.88. The van der Waals surface area contributed by atoms with Gasteiger partial charge in [0.05, 0.1) is 25.4 Å². The van der Waals surface area contributed by atoms with Crippen LogP contribution in [0.3, 0.4) is 0 Å². The Morgan fingerprint density at radius 2 is 1.59 bits per heavy atom. The number of fused-ring (bicyclic) bond motifs is 1. The van der Waals surface area contributed by atoms with Crippen LogP contribution in [0.25, 0.3) is 16.6 Å². The third-order valence-corrected chi connectivity index (χ3v) is 6.49. The molecule has 2 N–H and O–H groups in total. The van der Waals surface area contributed by atoms with Crippen molar-refractivity contribution in [2.75, 3.05) is 24.9 Å². The van der Waals surface area contributed by atoms with Gasteiger partial charge in [0.1, 0.15) is 11.4 Å². The van der Waals surface area contributed by atoms with Crippen LogP contribution in [0.15, 0.2) is 88.7 Å². The third-order valence-electron chi connectivity index (χ3n) is 6.49. The summed E-state index contributed by atoms with van der Waals surface area (Å²) in [6, 6.07) is 17.3. The lowest BCUT2D eigenvalue weighted by Crippen LogP contribution is -2.42. The molecule has 2 aromatic heterocycles. The number of methoxy groups -OCH3 is 2. The Labute approximate surface area is 233 Å². The number of amides is 1. The molecule has 0 saturated heterocycles. The number of nitrogens with one attached hydrogen (secondary N) is 2. The zero-order chi connectivity index (χ0) is 29.1. The lowest BCUT2D eigenvalue weighted by Gasteiger charge is -2.14. The molecule has 0 fully saturated rings. The van der Waals surface area contributed by atoms with Gasteiger partial charge in [-0.3, -0.25) is 19.1 Å². The molecule has 5 aromatic rings. The molecule has 0 atom stereocenters. The maximum atomic E-state index is 13.4. The van der Waals surface area contributed by atoms with Gasteiger partial charge in [-0.15, -0.1) is 0 Å². The number of pyridine rings is 1. The molecule has 0 spiro atoms. The number of hydrogen-bond donors (Lipinski definition) is 2. The Morgan fingerprint density at radius 3 is 2.24 bits per heavy atom. The van der Waals surface area contributed by atoms with Crippen molar-refractivity contribution in [3.63, 3.8) is 0 Å². The number of anilines is 3. The first-order valence-electron chi connectivity index (χ1n) is 12.6. The number of hydrogen-bond acceptors (Lipinski definition) is 7. The molecule has 0 aliphatic heterocycles. The van der Waals surface area contributed by atoms with Crippen molar-refractivity contribution < 1.29 is 18.7 Å². The largest absolute Gasteiger partial charge is 0.493 e. The number of benzene rings is 3. The van der Waals surface area contributed by atoms with E-state index in [1.807, 2.05) is 12.1 Å². The molecule has 41 heavy (non-hydrogen) atoms. The SMILES string of the molecule is CCn1cc(C(=O)Nc2ccc(Nc3ccnc4cc(OC)c(OC)cc34)cc2)c(=O)n(-c2ccc(F)cc2)c1=O. The van der Waals surface area contributed by atoms with E-state index in [1.54, 1.807) is 57.7 Å². The summed E-state index contributed by atoms with van der Waals surface area (Å²) in [7, 11) is 3.13. The number of ether oxygens (including phenoxy) is 2. The Morgan fingerprint density at radius 1 is 0.927 bits per heavy atom. The second kappa shape index (κ2) is 11.3. The van der Waals surface area contributed by atoms with Crippen molar-refractivity contribution in [2.24, 2.45) is 0 Å². The van der Waals surface area contributed by atoms with Crippen LogP contribution >= 0.6 is 0 Å². The van der Waals surface area contributed by atoms with Gasteiger partial charge in [-0.2, -0.15) is 0 Å². The first-order chi connectivity index (χ1) is 19.8. The van der Waals surface area contributed by atoms with Crippen molar-refractivity contribution in [3.05, 3.63) is 111 Å². The summed E-state index contributed by atoms with van der Waals surface area (Å²) in [4.78, 5) is 43.6. The third kappa shape index (κ3) is 5.37. The number of nitrogens with zero attached hydrogens (tertiary/aromatic N) is 3. The molecule has 11 heteroatoms. The van der Waals surface area contributed by atoms with E-state index in [4.69, 9.17) is 9.47 Å². The molecule has 208 valence electrons. The molecule has 0 bridgehead atoms. The molecular weight excluding hydrogens is 529 g/mol. The van der Waals surface area contributed by atoms with Gasteiger partial charge in [0.15, 0.2) is 11.5 Å². The van der Waals surface area contributed by atoms with E-state index in [2.05, 4.69) is 15.6 Å². The average Bonchev–Trinajstić information content (AvgIpc) is 2.98. The van der Waals surface area contributed by atoms with Crippen molar-refractivity contribution in [1.29, 1.82) is 0 Å². The minimum atomic E-state index is -0.807. The normalized spacial score (nSPS) is 10.8. The Kier molecular flexibility index (Phi) is 7.51. The highest BCUT2D eigenvalue weighted by atomic mass is 19.1. The number of halogens is 1. The topological polar surface area (TPSA) is 116 Å². The first-order valence-corrected chi connectivity index (χ1v) is 12.6. The van der Waals surface area contributed by atoms with Crippen LogP contribution in [-0.2, 0) is 6.54 Å². The van der Waals surface area contributed by atoms with Crippen LogP contribution in [0.5, 0.6) is 11.5 Å². The standard InChI is InChI=1S/C30H26FN5O5/c1-4-35-17-23(29(38)36(30(35)39)21-11-5-18(31)6-12-21)28(37)34-20-9-7-19(8-10-20)33-24-13-14-32-25-16-27(41-3)26(40-2)15-22(24)25/h5-17H,4H2,1-3H3,(H,32,33)(H,34,37). The van der Waals surface area contributed by atoms with E-state index in [0.717, 1.165) is 39.0 Å². The van der Waals surface area contributed by atoms with Crippen molar-refractivity contribution in [3.8, 4) is 17.2 Å². The molecule has 2 heterocycles. The molecule has 0 unspecified atom stereocenters. The lowest BCUT2D eigenvalue weighted by atomic mass is 10.1. The predicted octanol–water partition coefficient (Wildman–Crippen LogP) is 4.72. The van der Waals surface area contributed by atoms with Gasteiger partial charge < -0.3 is 20.1 Å². The monoisotopic (exact) mass is 555 g/mol. The highest BCUT2D eigenvalue weighted by molar-refractivity contribution is 6.04. The number of rotatable bonds is 8. The minimum absolute atomic E-state index is 0.161. The smallest absolute Gasteiger partial charge is 0.335 e. The fraction of sp³-hybridized carbons (Fsp3) is 0.133. The summed E-state index contributed by atoms with van der Waals surface area (Å²) in [6.07, 6.45) is 2.91.